The molecule has 11 heavy (non-hydrogen) atoms. The van der Waals surface area contributed by atoms with Crippen LogP contribution >= 0.6 is 0 Å². The summed E-state index contributed by atoms with van der Waals surface area (Å²) in [5.41, 5.74) is 1.59. The average molecular weight is 149 g/mol. The van der Waals surface area contributed by atoms with Crippen LogP contribution in [0.15, 0.2) is 36.2 Å². The van der Waals surface area contributed by atoms with Gasteiger partial charge in [0.05, 0.1) is 0 Å². The Kier molecular flexibility index (Phi) is 2.18. The van der Waals surface area contributed by atoms with E-state index in [1.807, 2.05) is 18.5 Å². The van der Waals surface area contributed by atoms with E-state index in [0.29, 0.717) is 0 Å². The van der Waals surface area contributed by atoms with E-state index in [9.17, 15) is 0 Å². The third-order valence-electron chi connectivity index (χ3n) is 1.69. The molecule has 60 valence electrons. The summed E-state index contributed by atoms with van der Waals surface area (Å²) in [6, 6.07) is 0. The van der Waals surface area contributed by atoms with Crippen molar-refractivity contribution in [3.8, 4) is 0 Å². The van der Waals surface area contributed by atoms with Gasteiger partial charge >= 0.3 is 0 Å². The van der Waals surface area contributed by atoms with E-state index in [2.05, 4.69) is 38.2 Å². The fourth-order valence-electron chi connectivity index (χ4n) is 0.956. The Labute approximate surface area is 68.5 Å². The van der Waals surface area contributed by atoms with E-state index in [-0.39, 0.29) is 5.41 Å². The maximum Gasteiger partial charge on any atom is 0.000737 e. The Hall–Kier alpha value is -0.980. The first-order valence-electron chi connectivity index (χ1n) is 3.90. The van der Waals surface area contributed by atoms with E-state index in [0.717, 1.165) is 0 Å². The van der Waals surface area contributed by atoms with Gasteiger partial charge in [0.15, 0.2) is 0 Å². The summed E-state index contributed by atoms with van der Waals surface area (Å²) < 4.78 is 0. The fourth-order valence-corrected chi connectivity index (χ4v) is 0.956. The summed E-state index contributed by atoms with van der Waals surface area (Å²) in [5.74, 6) is 0. The summed E-state index contributed by atoms with van der Waals surface area (Å²) >= 11 is 0. The minimum atomic E-state index is 0.243. The van der Waals surface area contributed by atoms with Crippen molar-refractivity contribution in [3.05, 3.63) is 36.2 Å². The fraction of sp³-hybridized carbons (Fsp3) is 0.400. The van der Waals surface area contributed by atoms with Gasteiger partial charge in [0.1, 0.15) is 0 Å². The molecule has 1 heteroatoms. The zero-order valence-corrected chi connectivity index (χ0v) is 7.39. The molecule has 1 rings (SSSR count). The highest BCUT2D eigenvalue weighted by atomic mass is 14.8. The summed E-state index contributed by atoms with van der Waals surface area (Å²) in [5, 5.41) is 3.04. The average Bonchev–Trinajstić information content (AvgIpc) is 2.10. The van der Waals surface area contributed by atoms with Gasteiger partial charge in [-0.1, -0.05) is 26.8 Å². The molecule has 0 atom stereocenters. The van der Waals surface area contributed by atoms with E-state index >= 15 is 0 Å². The normalized spacial score (nSPS) is 17.2. The molecule has 0 aromatic rings. The molecule has 0 bridgehead atoms. The van der Waals surface area contributed by atoms with Gasteiger partial charge < -0.3 is 5.32 Å². The zero-order valence-electron chi connectivity index (χ0n) is 7.39. The zero-order chi connectivity index (χ0) is 8.32. The summed E-state index contributed by atoms with van der Waals surface area (Å²) in [6.07, 6.45) is 10.2. The molecule has 0 spiro atoms. The highest BCUT2D eigenvalue weighted by Gasteiger charge is 2.13. The quantitative estimate of drug-likeness (QED) is 0.558. The standard InChI is InChI=1S/C10H15N/c1-10(2,3)9-5-4-7-11-8-6-9/h4-8,11H,1-3H3. The number of nitrogens with one attached hydrogen (secondary N) is 1. The SMILES string of the molecule is CC(C)(C)C1=CC=CNC=C1. The molecule has 1 nitrogen and oxygen atoms in total. The lowest BCUT2D eigenvalue weighted by Crippen LogP contribution is -2.07. The third-order valence-corrected chi connectivity index (χ3v) is 1.69. The monoisotopic (exact) mass is 149 g/mol. The highest BCUT2D eigenvalue weighted by Crippen LogP contribution is 2.26. The van der Waals surface area contributed by atoms with Crippen LogP contribution in [0.2, 0.25) is 0 Å². The van der Waals surface area contributed by atoms with Crippen molar-refractivity contribution < 1.29 is 0 Å². The Morgan fingerprint density at radius 2 is 1.91 bits per heavy atom. The molecule has 1 aliphatic heterocycles. The molecule has 0 amide bonds. The summed E-state index contributed by atoms with van der Waals surface area (Å²) in [4.78, 5) is 0. The van der Waals surface area contributed by atoms with E-state index in [1.54, 1.807) is 0 Å². The van der Waals surface area contributed by atoms with E-state index in [4.69, 9.17) is 0 Å². The second kappa shape index (κ2) is 2.95. The molecule has 1 aliphatic rings. The predicted molar refractivity (Wildman–Crippen MR) is 49.0 cm³/mol. The molecule has 0 saturated heterocycles. The summed E-state index contributed by atoms with van der Waals surface area (Å²) in [7, 11) is 0. The maximum atomic E-state index is 3.04. The molecule has 1 heterocycles. The molecular weight excluding hydrogens is 134 g/mol. The Bertz CT molecular complexity index is 214. The molecule has 0 unspecified atom stereocenters. The Morgan fingerprint density at radius 3 is 2.55 bits per heavy atom. The minimum Gasteiger partial charge on any atom is -0.368 e. The van der Waals surface area contributed by atoms with Crippen molar-refractivity contribution in [1.29, 1.82) is 0 Å². The van der Waals surface area contributed by atoms with Crippen LogP contribution in [0.3, 0.4) is 0 Å². The molecule has 0 aromatic carbocycles. The van der Waals surface area contributed by atoms with E-state index in [1.165, 1.54) is 5.57 Å². The van der Waals surface area contributed by atoms with Crippen LogP contribution in [0, 0.1) is 5.41 Å². The van der Waals surface area contributed by atoms with Gasteiger partial charge in [-0.05, 0) is 23.1 Å². The number of rotatable bonds is 0. The van der Waals surface area contributed by atoms with Crippen molar-refractivity contribution in [2.24, 2.45) is 5.41 Å². The molecule has 1 N–H and O–H groups in total. The molecule has 0 fully saturated rings. The van der Waals surface area contributed by atoms with Crippen molar-refractivity contribution in [3.63, 3.8) is 0 Å². The van der Waals surface area contributed by atoms with Crippen LogP contribution in [0.5, 0.6) is 0 Å². The van der Waals surface area contributed by atoms with Gasteiger partial charge in [-0.25, -0.2) is 0 Å². The van der Waals surface area contributed by atoms with Crippen LogP contribution in [0.4, 0.5) is 0 Å². The first-order chi connectivity index (χ1) is 5.11. The van der Waals surface area contributed by atoms with Crippen LogP contribution in [-0.2, 0) is 0 Å². The van der Waals surface area contributed by atoms with Crippen molar-refractivity contribution in [2.45, 2.75) is 20.8 Å². The molecule has 0 aromatic heterocycles. The van der Waals surface area contributed by atoms with Crippen molar-refractivity contribution in [2.75, 3.05) is 0 Å². The summed E-state index contributed by atoms with van der Waals surface area (Å²) in [6.45, 7) is 6.63. The van der Waals surface area contributed by atoms with Crippen LogP contribution in [-0.4, -0.2) is 0 Å². The van der Waals surface area contributed by atoms with Crippen molar-refractivity contribution >= 4 is 0 Å². The van der Waals surface area contributed by atoms with Gasteiger partial charge in [0.2, 0.25) is 0 Å². The van der Waals surface area contributed by atoms with Crippen LogP contribution in [0.25, 0.3) is 0 Å². The Balaban J connectivity index is 2.86. The number of allylic oxidation sites excluding steroid dienone is 4. The molecule has 0 radical (unpaired) electrons. The van der Waals surface area contributed by atoms with Gasteiger partial charge in [-0.15, -0.1) is 0 Å². The lowest BCUT2D eigenvalue weighted by molar-refractivity contribution is 0.517. The molecular formula is C10H15N. The smallest absolute Gasteiger partial charge is 0.000737 e. The van der Waals surface area contributed by atoms with Gasteiger partial charge in [0.25, 0.3) is 0 Å². The predicted octanol–water partition coefficient (Wildman–Crippen LogP) is 2.59. The lowest BCUT2D eigenvalue weighted by Gasteiger charge is -2.19. The van der Waals surface area contributed by atoms with Gasteiger partial charge in [0, 0.05) is 12.4 Å². The maximum absolute atomic E-state index is 3.04. The number of hydrogen-bond acceptors (Lipinski definition) is 1. The third kappa shape index (κ3) is 2.26. The second-order valence-electron chi connectivity index (χ2n) is 3.73. The number of hydrogen-bond donors (Lipinski definition) is 1. The van der Waals surface area contributed by atoms with Gasteiger partial charge in [-0.2, -0.15) is 0 Å². The highest BCUT2D eigenvalue weighted by molar-refractivity contribution is 5.30. The first-order valence-corrected chi connectivity index (χ1v) is 3.90. The first kappa shape index (κ1) is 8.12. The van der Waals surface area contributed by atoms with Crippen LogP contribution < -0.4 is 5.32 Å². The van der Waals surface area contributed by atoms with Crippen LogP contribution in [0.1, 0.15) is 20.8 Å². The van der Waals surface area contributed by atoms with Crippen molar-refractivity contribution in [1.82, 2.24) is 5.32 Å². The van der Waals surface area contributed by atoms with E-state index < -0.39 is 0 Å². The second-order valence-corrected chi connectivity index (χ2v) is 3.73. The lowest BCUT2D eigenvalue weighted by atomic mass is 9.86. The topological polar surface area (TPSA) is 12.0 Å². The molecule has 0 saturated carbocycles. The molecule has 0 aliphatic carbocycles. The Morgan fingerprint density at radius 1 is 1.18 bits per heavy atom. The minimum absolute atomic E-state index is 0.243. The van der Waals surface area contributed by atoms with Gasteiger partial charge in [-0.3, -0.25) is 0 Å². The largest absolute Gasteiger partial charge is 0.368 e.